The number of hydrogen-bond acceptors (Lipinski definition) is 5. The van der Waals surface area contributed by atoms with Crippen molar-refractivity contribution >= 4 is 17.5 Å². The van der Waals surface area contributed by atoms with E-state index in [0.29, 0.717) is 12.3 Å². The van der Waals surface area contributed by atoms with Gasteiger partial charge in [0.25, 0.3) is 0 Å². The Hall–Kier alpha value is -2.26. The molecule has 0 aromatic rings. The lowest BCUT2D eigenvalue weighted by Crippen LogP contribution is -2.71. The first-order valence-electron chi connectivity index (χ1n) is 15.2. The van der Waals surface area contributed by atoms with Gasteiger partial charge in [0.1, 0.15) is 6.07 Å². The highest BCUT2D eigenvalue weighted by molar-refractivity contribution is 6.01. The molecule has 6 nitrogen and oxygen atoms in total. The number of carbonyl (C=O) groups excluding carboxylic acids is 3. The van der Waals surface area contributed by atoms with E-state index in [4.69, 9.17) is 4.74 Å². The summed E-state index contributed by atoms with van der Waals surface area (Å²) in [5, 5.41) is 9.68. The maximum absolute atomic E-state index is 14.3. The van der Waals surface area contributed by atoms with Gasteiger partial charge in [-0.25, -0.2) is 0 Å². The zero-order valence-electron chi connectivity index (χ0n) is 24.0. The van der Waals surface area contributed by atoms with Crippen molar-refractivity contribution in [2.75, 3.05) is 26.3 Å². The summed E-state index contributed by atoms with van der Waals surface area (Å²) >= 11 is 0. The number of likely N-dealkylation sites (tertiary alicyclic amines) is 1. The second-order valence-electron chi connectivity index (χ2n) is 15.6. The second-order valence-corrected chi connectivity index (χ2v) is 15.6. The summed E-state index contributed by atoms with van der Waals surface area (Å²) < 4.78 is 5.47. The van der Waals surface area contributed by atoms with Crippen molar-refractivity contribution in [3.8, 4) is 6.07 Å². The standard InChI is InChI=1S/C33H42N2O4/c1-29(2)9-10-33(28(38)35-16-32(17-35)18-39-19-32)8-6-22-27(23(33)14-29)25(37)12-26-30(22,3)7-5-21-11-24(36)20(15-34)13-31(21,26)4/h12-13,21-23,27H,5-11,14,16-19H2,1-4H3. The summed E-state index contributed by atoms with van der Waals surface area (Å²) in [6.45, 7) is 12.3. The SMILES string of the molecule is CC1(C)CCC2(C(=O)N3CC4(COC4)C3)CCC3C(C(=O)C=C4C5(C)C=C(C#N)C(=O)CC5CCC43C)C2C1. The Morgan fingerprint density at radius 1 is 1.03 bits per heavy atom. The van der Waals surface area contributed by atoms with E-state index in [0.717, 1.165) is 76.8 Å². The minimum absolute atomic E-state index is 0.0594. The first kappa shape index (κ1) is 25.7. The molecule has 2 saturated heterocycles. The molecule has 7 rings (SSSR count). The van der Waals surface area contributed by atoms with E-state index in [1.54, 1.807) is 0 Å². The van der Waals surface area contributed by atoms with E-state index in [1.165, 1.54) is 0 Å². The Balaban J connectivity index is 1.28. The van der Waals surface area contributed by atoms with E-state index < -0.39 is 10.8 Å². The zero-order chi connectivity index (χ0) is 27.6. The molecule has 5 aliphatic carbocycles. The number of nitriles is 1. The molecule has 1 amide bonds. The van der Waals surface area contributed by atoms with Crippen LogP contribution in [0, 0.1) is 62.1 Å². The van der Waals surface area contributed by atoms with Gasteiger partial charge in [-0.1, -0.05) is 39.3 Å². The van der Waals surface area contributed by atoms with E-state index >= 15 is 0 Å². The van der Waals surface area contributed by atoms with Crippen LogP contribution in [0.15, 0.2) is 23.3 Å². The largest absolute Gasteiger partial charge is 0.380 e. The highest BCUT2D eigenvalue weighted by Crippen LogP contribution is 2.69. The predicted octanol–water partition coefficient (Wildman–Crippen LogP) is 5.04. The van der Waals surface area contributed by atoms with Gasteiger partial charge in [0, 0.05) is 30.8 Å². The lowest BCUT2D eigenvalue weighted by Gasteiger charge is -2.65. The van der Waals surface area contributed by atoms with E-state index in [9.17, 15) is 19.6 Å². The first-order valence-corrected chi connectivity index (χ1v) is 15.2. The minimum atomic E-state index is -0.445. The number of allylic oxidation sites excluding steroid dienone is 4. The van der Waals surface area contributed by atoms with Crippen molar-refractivity contribution in [1.82, 2.24) is 4.90 Å². The lowest BCUT2D eigenvalue weighted by molar-refractivity contribution is -0.210. The van der Waals surface area contributed by atoms with E-state index in [-0.39, 0.29) is 57.1 Å². The molecule has 6 heteroatoms. The molecule has 7 aliphatic rings. The van der Waals surface area contributed by atoms with Gasteiger partial charge in [-0.05, 0) is 79.6 Å². The van der Waals surface area contributed by atoms with Crippen LogP contribution in [0.3, 0.4) is 0 Å². The van der Waals surface area contributed by atoms with Crippen LogP contribution in [-0.2, 0) is 19.1 Å². The van der Waals surface area contributed by atoms with Gasteiger partial charge in [-0.2, -0.15) is 5.26 Å². The number of amides is 1. The Bertz CT molecular complexity index is 1270. The molecular weight excluding hydrogens is 488 g/mol. The highest BCUT2D eigenvalue weighted by atomic mass is 16.5. The summed E-state index contributed by atoms with van der Waals surface area (Å²) in [4.78, 5) is 43.4. The van der Waals surface area contributed by atoms with Gasteiger partial charge >= 0.3 is 0 Å². The van der Waals surface area contributed by atoms with Crippen molar-refractivity contribution in [2.24, 2.45) is 50.7 Å². The van der Waals surface area contributed by atoms with Crippen LogP contribution in [0.1, 0.15) is 79.1 Å². The molecule has 2 aliphatic heterocycles. The number of carbonyl (C=O) groups is 3. The van der Waals surface area contributed by atoms with Crippen molar-refractivity contribution in [1.29, 1.82) is 5.26 Å². The Morgan fingerprint density at radius 2 is 1.77 bits per heavy atom. The van der Waals surface area contributed by atoms with E-state index in [2.05, 4.69) is 38.7 Å². The van der Waals surface area contributed by atoms with Gasteiger partial charge in [-0.3, -0.25) is 14.4 Å². The van der Waals surface area contributed by atoms with Crippen molar-refractivity contribution < 1.29 is 19.1 Å². The van der Waals surface area contributed by atoms with Crippen molar-refractivity contribution in [2.45, 2.75) is 79.1 Å². The van der Waals surface area contributed by atoms with Crippen molar-refractivity contribution in [3.05, 3.63) is 23.3 Å². The number of nitrogens with zero attached hydrogens (tertiary/aromatic N) is 2. The molecule has 0 aromatic carbocycles. The third kappa shape index (κ3) is 3.32. The fourth-order valence-electron chi connectivity index (χ4n) is 10.6. The highest BCUT2D eigenvalue weighted by Gasteiger charge is 2.66. The summed E-state index contributed by atoms with van der Waals surface area (Å²) in [5.74, 6) is 0.686. The number of ketones is 2. The van der Waals surface area contributed by atoms with Crippen LogP contribution in [0.25, 0.3) is 0 Å². The summed E-state index contributed by atoms with van der Waals surface area (Å²) in [7, 11) is 0. The number of hydrogen-bond donors (Lipinski definition) is 0. The molecule has 208 valence electrons. The van der Waals surface area contributed by atoms with Crippen LogP contribution in [0.5, 0.6) is 0 Å². The molecule has 0 aromatic heterocycles. The molecule has 39 heavy (non-hydrogen) atoms. The quantitative estimate of drug-likeness (QED) is 0.474. The fraction of sp³-hybridized carbons (Fsp3) is 0.758. The third-order valence-electron chi connectivity index (χ3n) is 12.9. The molecule has 1 spiro atoms. The van der Waals surface area contributed by atoms with Crippen LogP contribution in [0.2, 0.25) is 0 Å². The van der Waals surface area contributed by atoms with Gasteiger partial charge in [0.05, 0.1) is 29.6 Å². The molecule has 2 heterocycles. The second kappa shape index (κ2) is 7.93. The molecular formula is C33H42N2O4. The Kier molecular flexibility index (Phi) is 5.23. The summed E-state index contributed by atoms with van der Waals surface area (Å²) in [5.41, 5.74) is 0.636. The van der Waals surface area contributed by atoms with Crippen LogP contribution in [0.4, 0.5) is 0 Å². The average molecular weight is 531 g/mol. The smallest absolute Gasteiger partial charge is 0.229 e. The maximum Gasteiger partial charge on any atom is 0.229 e. The van der Waals surface area contributed by atoms with Crippen LogP contribution in [-0.4, -0.2) is 48.7 Å². The molecule has 0 radical (unpaired) electrons. The Labute approximate surface area is 232 Å². The van der Waals surface area contributed by atoms with E-state index in [1.807, 2.05) is 12.2 Å². The monoisotopic (exact) mass is 530 g/mol. The molecule has 5 fully saturated rings. The van der Waals surface area contributed by atoms with Gasteiger partial charge in [-0.15, -0.1) is 0 Å². The molecule has 7 atom stereocenters. The van der Waals surface area contributed by atoms with Crippen LogP contribution < -0.4 is 0 Å². The molecule has 7 unspecified atom stereocenters. The predicted molar refractivity (Wildman–Crippen MR) is 145 cm³/mol. The molecule has 3 saturated carbocycles. The molecule has 0 N–H and O–H groups in total. The Morgan fingerprint density at radius 3 is 2.44 bits per heavy atom. The number of Topliss-reactive ketones (excluding diaryl/α,β-unsaturated/α-hetero) is 1. The summed E-state index contributed by atoms with van der Waals surface area (Å²) in [6.07, 6.45) is 10.7. The lowest BCUT2D eigenvalue weighted by atomic mass is 9.39. The van der Waals surface area contributed by atoms with Crippen LogP contribution >= 0.6 is 0 Å². The fourth-order valence-corrected chi connectivity index (χ4v) is 10.6. The third-order valence-corrected chi connectivity index (χ3v) is 12.9. The van der Waals surface area contributed by atoms with Gasteiger partial charge < -0.3 is 9.64 Å². The van der Waals surface area contributed by atoms with Gasteiger partial charge in [0.2, 0.25) is 5.91 Å². The van der Waals surface area contributed by atoms with Gasteiger partial charge in [0.15, 0.2) is 11.6 Å². The minimum Gasteiger partial charge on any atom is -0.380 e. The number of rotatable bonds is 1. The normalized spacial score (nSPS) is 45.3. The topological polar surface area (TPSA) is 87.5 Å². The number of ether oxygens (including phenoxy) is 1. The summed E-state index contributed by atoms with van der Waals surface area (Å²) in [6, 6.07) is 2.14. The number of fused-ring (bicyclic) bond motifs is 7. The zero-order valence-corrected chi connectivity index (χ0v) is 24.0. The molecule has 0 bridgehead atoms. The first-order chi connectivity index (χ1) is 18.4. The average Bonchev–Trinajstić information content (AvgIpc) is 2.83. The maximum atomic E-state index is 14.3. The van der Waals surface area contributed by atoms with Crippen molar-refractivity contribution in [3.63, 3.8) is 0 Å².